The Bertz CT molecular complexity index is 257. The smallest absolute Gasteiger partial charge is 0 e. The first-order valence-electron chi connectivity index (χ1n) is 5.93. The molecule has 0 N–H and O–H groups in total. The van der Waals surface area contributed by atoms with E-state index >= 15 is 0 Å². The van der Waals surface area contributed by atoms with Gasteiger partial charge in [-0.15, -0.1) is 0 Å². The molecule has 0 spiro atoms. The zero-order chi connectivity index (χ0) is 11.5. The highest BCUT2D eigenvalue weighted by Gasteiger charge is 1.95. The van der Waals surface area contributed by atoms with Gasteiger partial charge in [0.05, 0.1) is 0 Å². The molecule has 86 valence electrons. The molecule has 15 heavy (non-hydrogen) atoms. The Hall–Kier alpha value is -1.04. The van der Waals surface area contributed by atoms with Crippen LogP contribution in [0.4, 0.5) is 0 Å². The van der Waals surface area contributed by atoms with E-state index in [9.17, 15) is 0 Å². The van der Waals surface area contributed by atoms with Crippen LogP contribution in [0.3, 0.4) is 0 Å². The van der Waals surface area contributed by atoms with Gasteiger partial charge >= 0.3 is 0 Å². The fourth-order valence-electron chi connectivity index (χ4n) is 1.34. The van der Waals surface area contributed by atoms with Gasteiger partial charge in [-0.3, -0.25) is 0 Å². The second-order valence-corrected chi connectivity index (χ2v) is 3.63. The summed E-state index contributed by atoms with van der Waals surface area (Å²) in [6, 6.07) is 0. The molecule has 1 aliphatic carbocycles. The molecule has 0 amide bonds. The van der Waals surface area contributed by atoms with Crippen molar-refractivity contribution in [2.45, 2.75) is 46.5 Å². The highest BCUT2D eigenvalue weighted by atomic mass is 14.0. The lowest BCUT2D eigenvalue weighted by Gasteiger charge is -2.04. The Morgan fingerprint density at radius 3 is 2.73 bits per heavy atom. The Morgan fingerprint density at radius 2 is 2.20 bits per heavy atom. The molecule has 0 aromatic carbocycles. The van der Waals surface area contributed by atoms with Crippen LogP contribution >= 0.6 is 0 Å². The van der Waals surface area contributed by atoms with E-state index in [-0.39, 0.29) is 1.43 Å². The van der Waals surface area contributed by atoms with E-state index in [1.54, 1.807) is 5.57 Å². The number of hydrogen-bond donors (Lipinski definition) is 0. The number of rotatable bonds is 4. The van der Waals surface area contributed by atoms with Gasteiger partial charge in [0.2, 0.25) is 0 Å². The van der Waals surface area contributed by atoms with Gasteiger partial charge in [0.1, 0.15) is 0 Å². The van der Waals surface area contributed by atoms with E-state index in [1.165, 1.54) is 18.4 Å². The van der Waals surface area contributed by atoms with E-state index in [2.05, 4.69) is 43.9 Å². The summed E-state index contributed by atoms with van der Waals surface area (Å²) < 4.78 is 0. The van der Waals surface area contributed by atoms with Gasteiger partial charge in [0.25, 0.3) is 0 Å². The lowest BCUT2D eigenvalue weighted by atomic mass is 10.0. The number of allylic oxidation sites excluding steroid dienone is 7. The van der Waals surface area contributed by atoms with Gasteiger partial charge in [0.15, 0.2) is 0 Å². The van der Waals surface area contributed by atoms with Crippen molar-refractivity contribution in [2.24, 2.45) is 0 Å². The summed E-state index contributed by atoms with van der Waals surface area (Å²) in [6.07, 6.45) is 15.6. The molecule has 0 heterocycles. The topological polar surface area (TPSA) is 0 Å². The molecule has 1 aliphatic rings. The Morgan fingerprint density at radius 1 is 1.47 bits per heavy atom. The summed E-state index contributed by atoms with van der Waals surface area (Å²) in [7, 11) is 0. The first-order chi connectivity index (χ1) is 7.29. The molecule has 0 aromatic heterocycles. The fourth-order valence-corrected chi connectivity index (χ4v) is 1.34. The van der Waals surface area contributed by atoms with Crippen molar-refractivity contribution < 1.29 is 1.43 Å². The largest absolute Gasteiger partial charge is 0.0998 e. The molecule has 0 saturated carbocycles. The van der Waals surface area contributed by atoms with Crippen LogP contribution in [0, 0.1) is 0 Å². The summed E-state index contributed by atoms with van der Waals surface area (Å²) in [4.78, 5) is 0. The van der Waals surface area contributed by atoms with E-state index < -0.39 is 0 Å². The zero-order valence-electron chi connectivity index (χ0n) is 10.4. The van der Waals surface area contributed by atoms with Crippen LogP contribution in [-0.4, -0.2) is 0 Å². The lowest BCUT2D eigenvalue weighted by Crippen LogP contribution is -1.84. The summed E-state index contributed by atoms with van der Waals surface area (Å²) in [5, 5.41) is 0. The highest BCUT2D eigenvalue weighted by Crippen LogP contribution is 2.15. The molecule has 0 bridgehead atoms. The maximum absolute atomic E-state index is 3.86. The van der Waals surface area contributed by atoms with Crippen LogP contribution in [0.15, 0.2) is 48.1 Å². The van der Waals surface area contributed by atoms with Gasteiger partial charge < -0.3 is 0 Å². The molecular formula is C15H26. The van der Waals surface area contributed by atoms with Gasteiger partial charge in [-0.1, -0.05) is 62.0 Å². The summed E-state index contributed by atoms with van der Waals surface area (Å²) >= 11 is 0. The monoisotopic (exact) mass is 206 g/mol. The van der Waals surface area contributed by atoms with Crippen LogP contribution in [0.2, 0.25) is 0 Å². The van der Waals surface area contributed by atoms with E-state index in [1.807, 2.05) is 13.8 Å². The predicted octanol–water partition coefficient (Wildman–Crippen LogP) is 5.45. The third-order valence-corrected chi connectivity index (χ3v) is 2.11. The Balaban J connectivity index is 0. The van der Waals surface area contributed by atoms with Crippen LogP contribution in [-0.2, 0) is 0 Å². The summed E-state index contributed by atoms with van der Waals surface area (Å²) in [5.74, 6) is 0. The molecule has 0 aliphatic heterocycles. The van der Waals surface area contributed by atoms with Crippen LogP contribution in [0.25, 0.3) is 0 Å². The van der Waals surface area contributed by atoms with Gasteiger partial charge in [0, 0.05) is 1.43 Å². The molecule has 0 unspecified atom stereocenters. The second kappa shape index (κ2) is 9.51. The van der Waals surface area contributed by atoms with Crippen molar-refractivity contribution >= 4 is 0 Å². The molecule has 0 aromatic rings. The van der Waals surface area contributed by atoms with Gasteiger partial charge in [-0.25, -0.2) is 0 Å². The minimum Gasteiger partial charge on any atom is -0.0998 e. The predicted molar refractivity (Wildman–Crippen MR) is 73.1 cm³/mol. The van der Waals surface area contributed by atoms with Crippen LogP contribution in [0.5, 0.6) is 0 Å². The molecular weight excluding hydrogens is 180 g/mol. The molecule has 0 fully saturated rings. The third-order valence-electron chi connectivity index (χ3n) is 2.11. The maximum Gasteiger partial charge on any atom is 0 e. The summed E-state index contributed by atoms with van der Waals surface area (Å²) in [5.41, 5.74) is 2.77. The van der Waals surface area contributed by atoms with Crippen molar-refractivity contribution in [1.29, 1.82) is 0 Å². The molecule has 0 atom stereocenters. The van der Waals surface area contributed by atoms with Crippen LogP contribution < -0.4 is 0 Å². The van der Waals surface area contributed by atoms with Crippen molar-refractivity contribution in [2.75, 3.05) is 0 Å². The highest BCUT2D eigenvalue weighted by molar-refractivity contribution is 5.20. The van der Waals surface area contributed by atoms with E-state index in [0.29, 0.717) is 0 Å². The normalized spacial score (nSPS) is 14.5. The lowest BCUT2D eigenvalue weighted by molar-refractivity contribution is 0.923. The molecule has 0 nitrogen and oxygen atoms in total. The SMILES string of the molecule is C=C(C)CC=CCC1=CC=CCC1.CC.[HH]. The van der Waals surface area contributed by atoms with E-state index in [4.69, 9.17) is 0 Å². The van der Waals surface area contributed by atoms with Crippen molar-refractivity contribution in [3.63, 3.8) is 0 Å². The molecule has 0 saturated heterocycles. The maximum atomic E-state index is 3.86. The van der Waals surface area contributed by atoms with Gasteiger partial charge in [-0.05, 0) is 32.6 Å². The average molecular weight is 206 g/mol. The van der Waals surface area contributed by atoms with Crippen LogP contribution in [0.1, 0.15) is 47.9 Å². The second-order valence-electron chi connectivity index (χ2n) is 3.63. The molecule has 0 heteroatoms. The Labute approximate surface area is 96.6 Å². The quantitative estimate of drug-likeness (QED) is 0.537. The fraction of sp³-hybridized carbons (Fsp3) is 0.467. The Kier molecular flexibility index (Phi) is 8.85. The molecule has 0 radical (unpaired) electrons. The minimum atomic E-state index is 0. The average Bonchev–Trinajstić information content (AvgIpc) is 2.28. The van der Waals surface area contributed by atoms with Gasteiger partial charge in [-0.2, -0.15) is 0 Å². The molecule has 1 rings (SSSR count). The minimum absolute atomic E-state index is 0. The van der Waals surface area contributed by atoms with Crippen molar-refractivity contribution in [1.82, 2.24) is 0 Å². The van der Waals surface area contributed by atoms with Crippen molar-refractivity contribution in [3.8, 4) is 0 Å². The zero-order valence-corrected chi connectivity index (χ0v) is 10.4. The third kappa shape index (κ3) is 7.99. The number of hydrogen-bond acceptors (Lipinski definition) is 0. The first kappa shape index (κ1) is 14.0. The summed E-state index contributed by atoms with van der Waals surface area (Å²) in [6.45, 7) is 9.92. The standard InChI is InChI=1S/C13H18.C2H6.H2/c1-12(2)8-6-7-11-13-9-4-3-5-10-13;1-2;/h3-4,6-7,9H,1,5,8,10-11H2,2H3;1-2H3;1H. The first-order valence-corrected chi connectivity index (χ1v) is 5.93. The van der Waals surface area contributed by atoms with E-state index in [0.717, 1.165) is 12.8 Å². The van der Waals surface area contributed by atoms with Crippen molar-refractivity contribution in [3.05, 3.63) is 48.1 Å².